The molecule has 0 aliphatic carbocycles. The van der Waals surface area contributed by atoms with Crippen LogP contribution in [0.5, 0.6) is 0 Å². The fourth-order valence-electron chi connectivity index (χ4n) is 1.22. The summed E-state index contributed by atoms with van der Waals surface area (Å²) in [5.74, 6) is -1.62. The third kappa shape index (κ3) is 3.28. The summed E-state index contributed by atoms with van der Waals surface area (Å²) in [5, 5.41) is 7.57. The van der Waals surface area contributed by atoms with E-state index in [-0.39, 0.29) is 6.07 Å². The number of hydrogen-bond acceptors (Lipinski definition) is 2. The Labute approximate surface area is 102 Å². The van der Waals surface area contributed by atoms with Gasteiger partial charge in [-0.3, -0.25) is 4.79 Å². The van der Waals surface area contributed by atoms with Crippen LogP contribution in [-0.2, 0) is 17.4 Å². The smallest absolute Gasteiger partial charge is 0.418 e. The normalized spacial score (nSPS) is 11.9. The van der Waals surface area contributed by atoms with Gasteiger partial charge in [0, 0.05) is 0 Å². The standard InChI is InChI=1S/C9H5ClF5NO2/c10-4-1-3(9(13,14)15)5(2-6(17)18)16-7(4)8(11)12/h1,8H,2H2,(H,17,18). The number of halogens is 6. The minimum atomic E-state index is -4.91. The van der Waals surface area contributed by atoms with Crippen molar-refractivity contribution >= 4 is 17.6 Å². The zero-order chi connectivity index (χ0) is 14.1. The van der Waals surface area contributed by atoms with Gasteiger partial charge in [-0.15, -0.1) is 0 Å². The summed E-state index contributed by atoms with van der Waals surface area (Å²) in [7, 11) is 0. The molecule has 0 fully saturated rings. The van der Waals surface area contributed by atoms with Crippen LogP contribution in [0.2, 0.25) is 5.02 Å². The number of carboxylic acids is 1. The molecule has 0 amide bonds. The molecule has 18 heavy (non-hydrogen) atoms. The second kappa shape index (κ2) is 5.05. The van der Waals surface area contributed by atoms with Crippen LogP contribution in [0.15, 0.2) is 6.07 Å². The summed E-state index contributed by atoms with van der Waals surface area (Å²) in [6.45, 7) is 0. The molecular weight excluding hydrogens is 285 g/mol. The summed E-state index contributed by atoms with van der Waals surface area (Å²) in [4.78, 5) is 13.4. The van der Waals surface area contributed by atoms with Gasteiger partial charge in [0.15, 0.2) is 0 Å². The highest BCUT2D eigenvalue weighted by Crippen LogP contribution is 2.36. The largest absolute Gasteiger partial charge is 0.481 e. The Kier molecular flexibility index (Phi) is 4.10. The van der Waals surface area contributed by atoms with Gasteiger partial charge >= 0.3 is 12.1 Å². The zero-order valence-corrected chi connectivity index (χ0v) is 9.19. The number of alkyl halides is 5. The zero-order valence-electron chi connectivity index (χ0n) is 8.43. The summed E-state index contributed by atoms with van der Waals surface area (Å²) in [6.07, 6.45) is -9.22. The molecule has 0 bridgehead atoms. The fourth-order valence-corrected chi connectivity index (χ4v) is 1.45. The molecule has 0 saturated carbocycles. The van der Waals surface area contributed by atoms with Gasteiger partial charge in [0.2, 0.25) is 0 Å². The first-order valence-corrected chi connectivity index (χ1v) is 4.77. The van der Waals surface area contributed by atoms with E-state index in [1.54, 1.807) is 0 Å². The first kappa shape index (κ1) is 14.6. The fraction of sp³-hybridized carbons (Fsp3) is 0.333. The Hall–Kier alpha value is -1.44. The first-order chi connectivity index (χ1) is 8.12. The molecule has 3 nitrogen and oxygen atoms in total. The van der Waals surface area contributed by atoms with Crippen molar-refractivity contribution in [2.24, 2.45) is 0 Å². The maximum atomic E-state index is 12.5. The van der Waals surface area contributed by atoms with E-state index < -0.39 is 47.0 Å². The highest BCUT2D eigenvalue weighted by molar-refractivity contribution is 6.31. The van der Waals surface area contributed by atoms with Crippen LogP contribution in [0.3, 0.4) is 0 Å². The molecule has 9 heteroatoms. The topological polar surface area (TPSA) is 50.2 Å². The molecule has 0 atom stereocenters. The molecule has 0 aromatic carbocycles. The number of pyridine rings is 1. The van der Waals surface area contributed by atoms with E-state index in [9.17, 15) is 26.7 Å². The number of aliphatic carboxylic acids is 1. The van der Waals surface area contributed by atoms with Crippen molar-refractivity contribution in [3.05, 3.63) is 28.0 Å². The van der Waals surface area contributed by atoms with Crippen molar-refractivity contribution in [3.8, 4) is 0 Å². The van der Waals surface area contributed by atoms with Gasteiger partial charge in [0.1, 0.15) is 5.69 Å². The second-order valence-electron chi connectivity index (χ2n) is 3.22. The van der Waals surface area contributed by atoms with Crippen molar-refractivity contribution in [2.45, 2.75) is 19.0 Å². The highest BCUT2D eigenvalue weighted by atomic mass is 35.5. The van der Waals surface area contributed by atoms with E-state index >= 15 is 0 Å². The first-order valence-electron chi connectivity index (χ1n) is 4.39. The molecule has 0 radical (unpaired) electrons. The van der Waals surface area contributed by atoms with Gasteiger partial charge < -0.3 is 5.11 Å². The number of aromatic nitrogens is 1. The molecule has 1 rings (SSSR count). The van der Waals surface area contributed by atoms with Gasteiger partial charge in [-0.05, 0) is 6.07 Å². The lowest BCUT2D eigenvalue weighted by Gasteiger charge is -2.13. The van der Waals surface area contributed by atoms with Crippen LogP contribution in [0, 0.1) is 0 Å². The van der Waals surface area contributed by atoms with Crippen molar-refractivity contribution < 1.29 is 31.9 Å². The van der Waals surface area contributed by atoms with Crippen LogP contribution in [0.25, 0.3) is 0 Å². The Morgan fingerprint density at radius 3 is 2.39 bits per heavy atom. The minimum absolute atomic E-state index is 0.258. The van der Waals surface area contributed by atoms with Crippen molar-refractivity contribution in [1.29, 1.82) is 0 Å². The summed E-state index contributed by atoms with van der Waals surface area (Å²) < 4.78 is 62.4. The third-order valence-corrected chi connectivity index (χ3v) is 2.22. The predicted octanol–water partition coefficient (Wildman–Crippen LogP) is 3.32. The van der Waals surface area contributed by atoms with E-state index in [0.717, 1.165) is 0 Å². The lowest BCUT2D eigenvalue weighted by molar-refractivity contribution is -0.140. The molecule has 1 heterocycles. The summed E-state index contributed by atoms with van der Waals surface area (Å²) in [6, 6.07) is 0.258. The van der Waals surface area contributed by atoms with Crippen LogP contribution in [-0.4, -0.2) is 16.1 Å². The molecule has 100 valence electrons. The van der Waals surface area contributed by atoms with Gasteiger partial charge in [0.25, 0.3) is 6.43 Å². The number of rotatable bonds is 3. The minimum Gasteiger partial charge on any atom is -0.481 e. The average molecular weight is 290 g/mol. The summed E-state index contributed by atoms with van der Waals surface area (Å²) >= 11 is 5.25. The van der Waals surface area contributed by atoms with Gasteiger partial charge in [0.05, 0.1) is 22.7 Å². The van der Waals surface area contributed by atoms with E-state index in [2.05, 4.69) is 4.98 Å². The molecule has 1 aromatic rings. The second-order valence-corrected chi connectivity index (χ2v) is 3.63. The van der Waals surface area contributed by atoms with Crippen LogP contribution >= 0.6 is 11.6 Å². The van der Waals surface area contributed by atoms with E-state index in [1.165, 1.54) is 0 Å². The van der Waals surface area contributed by atoms with Crippen molar-refractivity contribution in [3.63, 3.8) is 0 Å². The highest BCUT2D eigenvalue weighted by Gasteiger charge is 2.36. The van der Waals surface area contributed by atoms with Crippen molar-refractivity contribution in [1.82, 2.24) is 4.98 Å². The van der Waals surface area contributed by atoms with Gasteiger partial charge in [-0.1, -0.05) is 11.6 Å². The molecule has 0 aliphatic heterocycles. The Morgan fingerprint density at radius 2 is 2.00 bits per heavy atom. The number of carbonyl (C=O) groups is 1. The molecule has 0 spiro atoms. The van der Waals surface area contributed by atoms with E-state index in [4.69, 9.17) is 16.7 Å². The molecule has 0 aliphatic rings. The van der Waals surface area contributed by atoms with Crippen LogP contribution in [0.4, 0.5) is 22.0 Å². The number of nitrogens with zero attached hydrogens (tertiary/aromatic N) is 1. The lowest BCUT2D eigenvalue weighted by Crippen LogP contribution is -2.15. The Bertz CT molecular complexity index is 475. The average Bonchev–Trinajstić information content (AvgIpc) is 2.17. The quantitative estimate of drug-likeness (QED) is 0.869. The van der Waals surface area contributed by atoms with Crippen LogP contribution in [0.1, 0.15) is 23.4 Å². The Balaban J connectivity index is 3.42. The molecular formula is C9H5ClF5NO2. The monoisotopic (exact) mass is 289 g/mol. The molecule has 0 unspecified atom stereocenters. The maximum absolute atomic E-state index is 12.5. The van der Waals surface area contributed by atoms with Crippen LogP contribution < -0.4 is 0 Å². The third-order valence-electron chi connectivity index (χ3n) is 1.91. The molecule has 1 aromatic heterocycles. The maximum Gasteiger partial charge on any atom is 0.418 e. The summed E-state index contributed by atoms with van der Waals surface area (Å²) in [5.41, 5.74) is -3.49. The Morgan fingerprint density at radius 1 is 1.44 bits per heavy atom. The predicted molar refractivity (Wildman–Crippen MR) is 50.5 cm³/mol. The number of hydrogen-bond donors (Lipinski definition) is 1. The number of carboxylic acid groups (broad SMARTS) is 1. The lowest BCUT2D eigenvalue weighted by atomic mass is 10.1. The van der Waals surface area contributed by atoms with E-state index in [1.807, 2.05) is 0 Å². The van der Waals surface area contributed by atoms with Gasteiger partial charge in [-0.2, -0.15) is 13.2 Å². The van der Waals surface area contributed by atoms with E-state index in [0.29, 0.717) is 0 Å². The van der Waals surface area contributed by atoms with Crippen molar-refractivity contribution in [2.75, 3.05) is 0 Å². The molecule has 1 N–H and O–H groups in total. The van der Waals surface area contributed by atoms with Gasteiger partial charge in [-0.25, -0.2) is 13.8 Å². The SMILES string of the molecule is O=C(O)Cc1nc(C(F)F)c(Cl)cc1C(F)(F)F. The molecule has 0 saturated heterocycles.